The van der Waals surface area contributed by atoms with E-state index in [1.54, 1.807) is 19.4 Å². The number of piperidine rings is 1. The average molecular weight is 352 g/mol. The Morgan fingerprint density at radius 2 is 2.15 bits per heavy atom. The molecule has 1 saturated heterocycles. The van der Waals surface area contributed by atoms with Gasteiger partial charge in [-0.3, -0.25) is 9.59 Å². The third kappa shape index (κ3) is 3.11. The zero-order chi connectivity index (χ0) is 18.1. The molecular formula is C20H24N4O2. The second-order valence-electron chi connectivity index (χ2n) is 7.22. The predicted molar refractivity (Wildman–Crippen MR) is 101 cm³/mol. The first-order valence-electron chi connectivity index (χ1n) is 9.31. The van der Waals surface area contributed by atoms with Crippen LogP contribution >= 0.6 is 0 Å². The van der Waals surface area contributed by atoms with Gasteiger partial charge in [0.15, 0.2) is 5.82 Å². The number of anilines is 1. The van der Waals surface area contributed by atoms with E-state index in [-0.39, 0.29) is 17.5 Å². The SMILES string of the molecule is Cn1ccnc(N2CCCC(NC(=O)c3cccc4c3CCC4)C2)c1=O. The van der Waals surface area contributed by atoms with Crippen molar-refractivity contribution in [2.24, 2.45) is 7.05 Å². The minimum absolute atomic E-state index is 0.00419. The van der Waals surface area contributed by atoms with E-state index in [1.807, 2.05) is 17.0 Å². The van der Waals surface area contributed by atoms with Crippen LogP contribution in [0, 0.1) is 0 Å². The van der Waals surface area contributed by atoms with Crippen LogP contribution in [0.2, 0.25) is 0 Å². The van der Waals surface area contributed by atoms with Gasteiger partial charge in [-0.2, -0.15) is 0 Å². The lowest BCUT2D eigenvalue weighted by molar-refractivity contribution is 0.0932. The van der Waals surface area contributed by atoms with Gasteiger partial charge in [-0.05, 0) is 49.3 Å². The number of aromatic nitrogens is 2. The third-order valence-electron chi connectivity index (χ3n) is 5.45. The molecule has 1 aromatic carbocycles. The second-order valence-corrected chi connectivity index (χ2v) is 7.22. The number of amides is 1. The summed E-state index contributed by atoms with van der Waals surface area (Å²) in [4.78, 5) is 31.4. The molecule has 2 heterocycles. The molecule has 6 nitrogen and oxygen atoms in total. The third-order valence-corrected chi connectivity index (χ3v) is 5.45. The van der Waals surface area contributed by atoms with Gasteiger partial charge < -0.3 is 14.8 Å². The summed E-state index contributed by atoms with van der Waals surface area (Å²) < 4.78 is 1.54. The number of carbonyl (C=O) groups excluding carboxylic acids is 1. The normalized spacial score (nSPS) is 19.3. The number of benzene rings is 1. The Bertz CT molecular complexity index is 890. The molecule has 0 spiro atoms. The molecule has 26 heavy (non-hydrogen) atoms. The Hall–Kier alpha value is -2.63. The molecule has 6 heteroatoms. The molecule has 0 radical (unpaired) electrons. The smallest absolute Gasteiger partial charge is 0.293 e. The maximum atomic E-state index is 12.8. The number of carbonyl (C=O) groups is 1. The van der Waals surface area contributed by atoms with Crippen LogP contribution in [-0.2, 0) is 19.9 Å². The number of hydrogen-bond acceptors (Lipinski definition) is 4. The van der Waals surface area contributed by atoms with Crippen LogP contribution in [0.25, 0.3) is 0 Å². The molecule has 0 bridgehead atoms. The van der Waals surface area contributed by atoms with Gasteiger partial charge in [-0.25, -0.2) is 4.98 Å². The van der Waals surface area contributed by atoms with Gasteiger partial charge >= 0.3 is 0 Å². The van der Waals surface area contributed by atoms with E-state index in [0.717, 1.165) is 44.2 Å². The highest BCUT2D eigenvalue weighted by Gasteiger charge is 2.26. The van der Waals surface area contributed by atoms with Gasteiger partial charge in [0.05, 0.1) is 0 Å². The maximum Gasteiger partial charge on any atom is 0.293 e. The quantitative estimate of drug-likeness (QED) is 0.912. The van der Waals surface area contributed by atoms with E-state index in [1.165, 1.54) is 15.7 Å². The highest BCUT2D eigenvalue weighted by atomic mass is 16.2. The molecule has 1 aliphatic carbocycles. The summed E-state index contributed by atoms with van der Waals surface area (Å²) >= 11 is 0. The van der Waals surface area contributed by atoms with E-state index < -0.39 is 0 Å². The maximum absolute atomic E-state index is 12.8. The molecule has 1 atom stereocenters. The molecule has 1 aromatic heterocycles. The van der Waals surface area contributed by atoms with Crippen LogP contribution in [0.15, 0.2) is 35.4 Å². The largest absolute Gasteiger partial charge is 0.350 e. The number of fused-ring (bicyclic) bond motifs is 1. The lowest BCUT2D eigenvalue weighted by Gasteiger charge is -2.33. The summed E-state index contributed by atoms with van der Waals surface area (Å²) in [6, 6.07) is 6.05. The molecule has 2 aliphatic rings. The lowest BCUT2D eigenvalue weighted by Crippen LogP contribution is -2.49. The van der Waals surface area contributed by atoms with Crippen molar-refractivity contribution in [3.05, 3.63) is 57.6 Å². The van der Waals surface area contributed by atoms with Gasteiger partial charge in [0.1, 0.15) is 0 Å². The van der Waals surface area contributed by atoms with Crippen molar-refractivity contribution >= 4 is 11.7 Å². The molecule has 2 aromatic rings. The molecule has 1 aliphatic heterocycles. The summed E-state index contributed by atoms with van der Waals surface area (Å²) in [5.41, 5.74) is 3.22. The van der Waals surface area contributed by atoms with Gasteiger partial charge in [-0.15, -0.1) is 0 Å². The predicted octanol–water partition coefficient (Wildman–Crippen LogP) is 1.67. The fourth-order valence-corrected chi connectivity index (χ4v) is 4.08. The summed E-state index contributed by atoms with van der Waals surface area (Å²) in [5.74, 6) is 0.471. The first-order valence-corrected chi connectivity index (χ1v) is 9.31. The standard InChI is InChI=1S/C20H24N4O2/c1-23-12-10-21-18(20(23)26)24-11-4-7-15(13-24)22-19(25)17-9-3-6-14-5-2-8-16(14)17/h3,6,9-10,12,15H,2,4-5,7-8,11,13H2,1H3,(H,22,25). The Balaban J connectivity index is 1.49. The number of nitrogens with one attached hydrogen (secondary N) is 1. The van der Waals surface area contributed by atoms with E-state index in [9.17, 15) is 9.59 Å². The van der Waals surface area contributed by atoms with Crippen molar-refractivity contribution in [2.45, 2.75) is 38.1 Å². The lowest BCUT2D eigenvalue weighted by atomic mass is 10.0. The summed E-state index contributed by atoms with van der Waals surface area (Å²) in [6.45, 7) is 1.41. The van der Waals surface area contributed by atoms with Crippen LogP contribution in [0.5, 0.6) is 0 Å². The molecule has 1 unspecified atom stereocenters. The average Bonchev–Trinajstić information content (AvgIpc) is 3.13. The van der Waals surface area contributed by atoms with Crippen LogP contribution in [-0.4, -0.2) is 34.6 Å². The highest BCUT2D eigenvalue weighted by molar-refractivity contribution is 5.96. The van der Waals surface area contributed by atoms with E-state index >= 15 is 0 Å². The zero-order valence-corrected chi connectivity index (χ0v) is 15.1. The Morgan fingerprint density at radius 3 is 3.04 bits per heavy atom. The van der Waals surface area contributed by atoms with Crippen LogP contribution < -0.4 is 15.8 Å². The van der Waals surface area contributed by atoms with E-state index in [4.69, 9.17) is 0 Å². The Morgan fingerprint density at radius 1 is 1.27 bits per heavy atom. The van der Waals surface area contributed by atoms with Crippen molar-refractivity contribution in [1.29, 1.82) is 0 Å². The molecule has 136 valence electrons. The van der Waals surface area contributed by atoms with Gasteiger partial charge in [-0.1, -0.05) is 12.1 Å². The van der Waals surface area contributed by atoms with Gasteiger partial charge in [0, 0.05) is 44.1 Å². The van der Waals surface area contributed by atoms with Crippen molar-refractivity contribution in [3.8, 4) is 0 Å². The first-order chi connectivity index (χ1) is 12.6. The fraction of sp³-hybridized carbons (Fsp3) is 0.450. The van der Waals surface area contributed by atoms with E-state index in [0.29, 0.717) is 12.4 Å². The summed E-state index contributed by atoms with van der Waals surface area (Å²) in [6.07, 6.45) is 8.33. The van der Waals surface area contributed by atoms with Gasteiger partial charge in [0.25, 0.3) is 11.5 Å². The fourth-order valence-electron chi connectivity index (χ4n) is 4.08. The van der Waals surface area contributed by atoms with Crippen molar-refractivity contribution in [2.75, 3.05) is 18.0 Å². The minimum atomic E-state index is -0.0969. The molecule has 1 fully saturated rings. The number of hydrogen-bond donors (Lipinski definition) is 1. The summed E-state index contributed by atoms with van der Waals surface area (Å²) in [7, 11) is 1.73. The van der Waals surface area contributed by atoms with Crippen molar-refractivity contribution in [1.82, 2.24) is 14.9 Å². The zero-order valence-electron chi connectivity index (χ0n) is 15.1. The van der Waals surface area contributed by atoms with Gasteiger partial charge in [0.2, 0.25) is 0 Å². The number of nitrogens with zero attached hydrogens (tertiary/aromatic N) is 3. The molecule has 0 saturated carbocycles. The number of aryl methyl sites for hydroxylation is 2. The summed E-state index contributed by atoms with van der Waals surface area (Å²) in [5, 5.41) is 3.18. The minimum Gasteiger partial charge on any atom is -0.350 e. The topological polar surface area (TPSA) is 67.2 Å². The monoisotopic (exact) mass is 352 g/mol. The van der Waals surface area contributed by atoms with E-state index in [2.05, 4.69) is 16.4 Å². The van der Waals surface area contributed by atoms with Crippen LogP contribution in [0.4, 0.5) is 5.82 Å². The van der Waals surface area contributed by atoms with Crippen LogP contribution in [0.3, 0.4) is 0 Å². The van der Waals surface area contributed by atoms with Crippen molar-refractivity contribution in [3.63, 3.8) is 0 Å². The molecule has 4 rings (SSSR count). The first kappa shape index (κ1) is 16.8. The Labute approximate surface area is 152 Å². The van der Waals surface area contributed by atoms with Crippen LogP contribution in [0.1, 0.15) is 40.7 Å². The molecule has 1 N–H and O–H groups in total. The highest BCUT2D eigenvalue weighted by Crippen LogP contribution is 2.25. The number of rotatable bonds is 3. The Kier molecular flexibility index (Phi) is 4.49. The van der Waals surface area contributed by atoms with Crippen molar-refractivity contribution < 1.29 is 4.79 Å². The molecular weight excluding hydrogens is 328 g/mol. The second kappa shape index (κ2) is 6.94. The molecule has 1 amide bonds.